The van der Waals surface area contributed by atoms with Crippen molar-refractivity contribution in [2.45, 2.75) is 36.9 Å². The lowest BCUT2D eigenvalue weighted by molar-refractivity contribution is -0.133. The zero-order valence-electron chi connectivity index (χ0n) is 19.0. The highest BCUT2D eigenvalue weighted by Crippen LogP contribution is 2.21. The summed E-state index contributed by atoms with van der Waals surface area (Å²) in [6.45, 7) is 0.314. The first-order valence-electron chi connectivity index (χ1n) is 11.2. The maximum absolute atomic E-state index is 13.5. The first-order valence-corrected chi connectivity index (χ1v) is 12.7. The van der Waals surface area contributed by atoms with Gasteiger partial charge in [0.1, 0.15) is 17.4 Å². The smallest absolute Gasteiger partial charge is 0.243 e. The number of carbonyl (C=O) groups is 1. The van der Waals surface area contributed by atoms with Crippen LogP contribution in [0.4, 0.5) is 8.78 Å². The van der Waals surface area contributed by atoms with E-state index >= 15 is 0 Å². The second kappa shape index (κ2) is 11.1. The molecule has 0 saturated carbocycles. The number of furan rings is 1. The van der Waals surface area contributed by atoms with Gasteiger partial charge in [0.15, 0.2) is 0 Å². The molecule has 10 heteroatoms. The minimum Gasteiger partial charge on any atom is -0.467 e. The van der Waals surface area contributed by atoms with Crippen molar-refractivity contribution in [3.05, 3.63) is 89.9 Å². The minimum atomic E-state index is -4.11. The fourth-order valence-electron chi connectivity index (χ4n) is 3.90. The molecule has 1 atom stereocenters. The molecule has 1 amide bonds. The van der Waals surface area contributed by atoms with E-state index < -0.39 is 34.1 Å². The summed E-state index contributed by atoms with van der Waals surface area (Å²) in [5, 5.41) is 0. The second-order valence-electron chi connectivity index (χ2n) is 8.34. The molecule has 1 aliphatic heterocycles. The van der Waals surface area contributed by atoms with Gasteiger partial charge >= 0.3 is 0 Å². The maximum Gasteiger partial charge on any atom is 0.243 e. The number of amides is 1. The maximum atomic E-state index is 13.5. The summed E-state index contributed by atoms with van der Waals surface area (Å²) in [6, 6.07) is 13.6. The van der Waals surface area contributed by atoms with Crippen molar-refractivity contribution in [2.75, 3.05) is 19.7 Å². The van der Waals surface area contributed by atoms with Crippen molar-refractivity contribution in [1.82, 2.24) is 9.21 Å². The van der Waals surface area contributed by atoms with Gasteiger partial charge in [0.05, 0.1) is 30.4 Å². The molecule has 1 unspecified atom stereocenters. The lowest BCUT2D eigenvalue weighted by Gasteiger charge is -2.28. The van der Waals surface area contributed by atoms with Gasteiger partial charge < -0.3 is 14.1 Å². The van der Waals surface area contributed by atoms with Crippen molar-refractivity contribution in [3.8, 4) is 0 Å². The summed E-state index contributed by atoms with van der Waals surface area (Å²) < 4.78 is 65.7. The molecule has 186 valence electrons. The SMILES string of the molecule is O=C(CN(CC1CCCO1)S(=O)(=O)c1ccc(F)cc1)N(Cc1ccc(F)cc1)Cc1ccco1. The summed E-state index contributed by atoms with van der Waals surface area (Å²) in [7, 11) is -4.11. The molecule has 7 nitrogen and oxygen atoms in total. The van der Waals surface area contributed by atoms with E-state index in [0.717, 1.165) is 22.9 Å². The summed E-state index contributed by atoms with van der Waals surface area (Å²) >= 11 is 0. The number of benzene rings is 2. The predicted octanol–water partition coefficient (Wildman–Crippen LogP) is 3.96. The molecule has 35 heavy (non-hydrogen) atoms. The number of nitrogens with zero attached hydrogens (tertiary/aromatic N) is 2. The Balaban J connectivity index is 1.59. The van der Waals surface area contributed by atoms with Crippen molar-refractivity contribution in [2.24, 2.45) is 0 Å². The van der Waals surface area contributed by atoms with Crippen LogP contribution >= 0.6 is 0 Å². The molecule has 3 aromatic rings. The molecule has 0 aliphatic carbocycles. The average molecular weight is 505 g/mol. The zero-order valence-corrected chi connectivity index (χ0v) is 19.8. The topological polar surface area (TPSA) is 80.1 Å². The molecular weight excluding hydrogens is 478 g/mol. The van der Waals surface area contributed by atoms with Crippen LogP contribution < -0.4 is 0 Å². The van der Waals surface area contributed by atoms with Crippen molar-refractivity contribution >= 4 is 15.9 Å². The number of sulfonamides is 1. The standard InChI is InChI=1S/C25H26F2N2O5S/c26-20-7-5-19(6-8-20)15-28(16-22-3-1-13-33-22)25(30)18-29(17-23-4-2-14-34-23)35(31,32)24-11-9-21(27)10-12-24/h1,3,5-13,23H,2,4,14-18H2. The molecule has 0 radical (unpaired) electrons. The van der Waals surface area contributed by atoms with Gasteiger partial charge in [-0.05, 0) is 66.9 Å². The Bertz CT molecular complexity index is 1210. The van der Waals surface area contributed by atoms with Gasteiger partial charge in [-0.3, -0.25) is 4.79 Å². The van der Waals surface area contributed by atoms with E-state index in [0.29, 0.717) is 24.4 Å². The highest BCUT2D eigenvalue weighted by molar-refractivity contribution is 7.89. The van der Waals surface area contributed by atoms with Gasteiger partial charge in [-0.25, -0.2) is 17.2 Å². The van der Waals surface area contributed by atoms with E-state index in [1.807, 2.05) is 0 Å². The van der Waals surface area contributed by atoms with Crippen LogP contribution in [0.3, 0.4) is 0 Å². The zero-order chi connectivity index (χ0) is 24.8. The van der Waals surface area contributed by atoms with E-state index in [-0.39, 0.29) is 30.6 Å². The van der Waals surface area contributed by atoms with Crippen LogP contribution in [0.1, 0.15) is 24.2 Å². The molecule has 4 rings (SSSR count). The van der Waals surface area contributed by atoms with E-state index in [1.165, 1.54) is 35.4 Å². The Morgan fingerprint density at radius 3 is 2.26 bits per heavy atom. The van der Waals surface area contributed by atoms with Gasteiger partial charge in [0.25, 0.3) is 0 Å². The van der Waals surface area contributed by atoms with E-state index in [2.05, 4.69) is 0 Å². The first kappa shape index (κ1) is 25.0. The normalized spacial score (nSPS) is 16.0. The van der Waals surface area contributed by atoms with Gasteiger partial charge in [-0.15, -0.1) is 0 Å². The molecular formula is C25H26F2N2O5S. The molecule has 2 heterocycles. The fraction of sp³-hybridized carbons (Fsp3) is 0.320. The van der Waals surface area contributed by atoms with Crippen LogP contribution in [0, 0.1) is 11.6 Å². The predicted molar refractivity (Wildman–Crippen MR) is 123 cm³/mol. The quantitative estimate of drug-likeness (QED) is 0.418. The Morgan fingerprint density at radius 2 is 1.66 bits per heavy atom. The van der Waals surface area contributed by atoms with E-state index in [4.69, 9.17) is 9.15 Å². The molecule has 0 N–H and O–H groups in total. The highest BCUT2D eigenvalue weighted by Gasteiger charge is 2.32. The molecule has 0 spiro atoms. The van der Waals surface area contributed by atoms with Crippen LogP contribution in [-0.2, 0) is 32.6 Å². The lowest BCUT2D eigenvalue weighted by atomic mass is 10.2. The number of hydrogen-bond acceptors (Lipinski definition) is 5. The van der Waals surface area contributed by atoms with Crippen LogP contribution in [0.5, 0.6) is 0 Å². The number of carbonyl (C=O) groups excluding carboxylic acids is 1. The first-order chi connectivity index (χ1) is 16.8. The molecule has 0 bridgehead atoms. The number of halogens is 2. The summed E-state index contributed by atoms with van der Waals surface area (Å²) in [4.78, 5) is 14.8. The minimum absolute atomic E-state index is 0.00338. The Kier molecular flexibility index (Phi) is 7.94. The van der Waals surface area contributed by atoms with Gasteiger partial charge in [-0.1, -0.05) is 12.1 Å². The third kappa shape index (κ3) is 6.53. The average Bonchev–Trinajstić information content (AvgIpc) is 3.54. The van der Waals surface area contributed by atoms with Crippen LogP contribution in [0.15, 0.2) is 76.2 Å². The number of ether oxygens (including phenoxy) is 1. The largest absolute Gasteiger partial charge is 0.467 e. The van der Waals surface area contributed by atoms with Crippen molar-refractivity contribution in [1.29, 1.82) is 0 Å². The number of rotatable bonds is 10. The van der Waals surface area contributed by atoms with Gasteiger partial charge in [-0.2, -0.15) is 4.31 Å². The molecule has 1 saturated heterocycles. The van der Waals surface area contributed by atoms with Crippen LogP contribution in [0.25, 0.3) is 0 Å². The van der Waals surface area contributed by atoms with Crippen molar-refractivity contribution < 1.29 is 31.1 Å². The molecule has 1 aromatic heterocycles. The fourth-order valence-corrected chi connectivity index (χ4v) is 5.32. The van der Waals surface area contributed by atoms with Gasteiger partial charge in [0, 0.05) is 19.7 Å². The molecule has 1 aliphatic rings. The molecule has 1 fully saturated rings. The summed E-state index contributed by atoms with van der Waals surface area (Å²) in [5.41, 5.74) is 0.679. The van der Waals surface area contributed by atoms with Crippen molar-refractivity contribution in [3.63, 3.8) is 0 Å². The second-order valence-corrected chi connectivity index (χ2v) is 10.3. The monoisotopic (exact) mass is 504 g/mol. The molecule has 2 aromatic carbocycles. The lowest BCUT2D eigenvalue weighted by Crippen LogP contribution is -2.45. The number of hydrogen-bond donors (Lipinski definition) is 0. The third-order valence-corrected chi connectivity index (χ3v) is 7.59. The van der Waals surface area contributed by atoms with Crippen LogP contribution in [0.2, 0.25) is 0 Å². The summed E-state index contributed by atoms with van der Waals surface area (Å²) in [6.07, 6.45) is 2.63. The third-order valence-electron chi connectivity index (χ3n) is 5.76. The van der Waals surface area contributed by atoms with Gasteiger partial charge in [0.2, 0.25) is 15.9 Å². The highest BCUT2D eigenvalue weighted by atomic mass is 32.2. The van der Waals surface area contributed by atoms with E-state index in [9.17, 15) is 22.0 Å². The van der Waals surface area contributed by atoms with Crippen LogP contribution in [-0.4, -0.2) is 49.3 Å². The van der Waals surface area contributed by atoms with E-state index in [1.54, 1.807) is 24.3 Å². The Labute approximate surface area is 203 Å². The Morgan fingerprint density at radius 1 is 0.971 bits per heavy atom. The Hall–Kier alpha value is -3.08. The summed E-state index contributed by atoms with van der Waals surface area (Å²) in [5.74, 6) is -0.901.